The predicted octanol–water partition coefficient (Wildman–Crippen LogP) is -0.318. The largest absolute Gasteiger partial charge is 0.374 e. The van der Waals surface area contributed by atoms with E-state index in [0.29, 0.717) is 6.54 Å². The van der Waals surface area contributed by atoms with Crippen molar-refractivity contribution in [3.05, 3.63) is 0 Å². The number of ether oxygens (including phenoxy) is 1. The zero-order valence-electron chi connectivity index (χ0n) is 8.80. The second-order valence-corrected chi connectivity index (χ2v) is 3.71. The summed E-state index contributed by atoms with van der Waals surface area (Å²) in [5, 5.41) is 8.73. The summed E-state index contributed by atoms with van der Waals surface area (Å²) in [7, 11) is 0. The number of carbonyl (C=O) groups is 1. The van der Waals surface area contributed by atoms with Gasteiger partial charge in [-0.1, -0.05) is 0 Å². The van der Waals surface area contributed by atoms with Gasteiger partial charge in [0.2, 0.25) is 0 Å². The van der Waals surface area contributed by atoms with E-state index in [-0.39, 0.29) is 18.2 Å². The minimum Gasteiger partial charge on any atom is -0.374 e. The van der Waals surface area contributed by atoms with E-state index < -0.39 is 0 Å². The van der Waals surface area contributed by atoms with E-state index in [0.717, 1.165) is 19.7 Å². The van der Waals surface area contributed by atoms with Crippen molar-refractivity contribution in [1.29, 1.82) is 0 Å². The Morgan fingerprint density at radius 1 is 1.64 bits per heavy atom. The highest BCUT2D eigenvalue weighted by Crippen LogP contribution is 1.93. The van der Waals surface area contributed by atoms with Gasteiger partial charge in [-0.2, -0.15) is 0 Å². The Labute approximate surface area is 84.6 Å². The Kier molecular flexibility index (Phi) is 4.69. The van der Waals surface area contributed by atoms with Crippen LogP contribution in [0.5, 0.6) is 0 Å². The van der Waals surface area contributed by atoms with Gasteiger partial charge in [-0.25, -0.2) is 4.79 Å². The lowest BCUT2D eigenvalue weighted by atomic mass is 10.3. The van der Waals surface area contributed by atoms with E-state index in [4.69, 9.17) is 4.74 Å². The van der Waals surface area contributed by atoms with Crippen molar-refractivity contribution in [3.63, 3.8) is 0 Å². The molecule has 1 rings (SSSR count). The minimum atomic E-state index is -0.130. The number of morpholine rings is 1. The number of hydrogen-bond donors (Lipinski definition) is 3. The van der Waals surface area contributed by atoms with Gasteiger partial charge in [-0.15, -0.1) is 0 Å². The van der Waals surface area contributed by atoms with Gasteiger partial charge in [0.05, 0.1) is 12.7 Å². The monoisotopic (exact) mass is 201 g/mol. The summed E-state index contributed by atoms with van der Waals surface area (Å²) in [6.07, 6.45) is 0.0988. The van der Waals surface area contributed by atoms with E-state index >= 15 is 0 Å². The Morgan fingerprint density at radius 2 is 2.43 bits per heavy atom. The molecule has 5 nitrogen and oxygen atoms in total. The minimum absolute atomic E-state index is 0.0988. The van der Waals surface area contributed by atoms with Crippen molar-refractivity contribution >= 4 is 6.03 Å². The molecule has 1 aliphatic heterocycles. The third-order valence-electron chi connectivity index (χ3n) is 1.91. The molecular weight excluding hydrogens is 182 g/mol. The molecule has 0 aliphatic carbocycles. The van der Waals surface area contributed by atoms with Gasteiger partial charge < -0.3 is 20.7 Å². The average Bonchev–Trinajstić information content (AvgIpc) is 2.15. The van der Waals surface area contributed by atoms with Gasteiger partial charge in [-0.05, 0) is 13.8 Å². The SMILES string of the molecule is CC(C)NC(=O)NCC1CNCCO1. The predicted molar refractivity (Wildman–Crippen MR) is 54.3 cm³/mol. The maximum Gasteiger partial charge on any atom is 0.315 e. The molecule has 0 aromatic carbocycles. The average molecular weight is 201 g/mol. The topological polar surface area (TPSA) is 62.4 Å². The maximum absolute atomic E-state index is 11.2. The smallest absolute Gasteiger partial charge is 0.315 e. The normalized spacial score (nSPS) is 22.1. The molecule has 1 atom stereocenters. The zero-order chi connectivity index (χ0) is 10.4. The lowest BCUT2D eigenvalue weighted by Crippen LogP contribution is -2.48. The zero-order valence-corrected chi connectivity index (χ0v) is 8.80. The molecule has 14 heavy (non-hydrogen) atoms. The van der Waals surface area contributed by atoms with Gasteiger partial charge in [-0.3, -0.25) is 0 Å². The lowest BCUT2D eigenvalue weighted by Gasteiger charge is -2.24. The molecule has 1 fully saturated rings. The Morgan fingerprint density at radius 3 is 3.00 bits per heavy atom. The highest BCUT2D eigenvalue weighted by molar-refractivity contribution is 5.74. The number of rotatable bonds is 3. The van der Waals surface area contributed by atoms with Crippen molar-refractivity contribution < 1.29 is 9.53 Å². The van der Waals surface area contributed by atoms with Crippen LogP contribution in [-0.2, 0) is 4.74 Å². The quantitative estimate of drug-likeness (QED) is 0.586. The first-order valence-corrected chi connectivity index (χ1v) is 5.05. The Balaban J connectivity index is 2.09. The number of urea groups is 1. The highest BCUT2D eigenvalue weighted by atomic mass is 16.5. The Bertz CT molecular complexity index is 179. The molecule has 1 aliphatic rings. The summed E-state index contributed by atoms with van der Waals surface area (Å²) >= 11 is 0. The van der Waals surface area contributed by atoms with E-state index in [1.807, 2.05) is 13.8 Å². The Hall–Kier alpha value is -0.810. The van der Waals surface area contributed by atoms with E-state index in [1.54, 1.807) is 0 Å². The summed E-state index contributed by atoms with van der Waals surface area (Å²) in [5.41, 5.74) is 0. The molecule has 0 saturated carbocycles. The van der Waals surface area contributed by atoms with Crippen LogP contribution < -0.4 is 16.0 Å². The molecule has 1 unspecified atom stereocenters. The van der Waals surface area contributed by atoms with Crippen molar-refractivity contribution in [2.45, 2.75) is 26.0 Å². The van der Waals surface area contributed by atoms with Crippen molar-refractivity contribution in [3.8, 4) is 0 Å². The molecule has 1 heterocycles. The van der Waals surface area contributed by atoms with Crippen molar-refractivity contribution in [2.24, 2.45) is 0 Å². The summed E-state index contributed by atoms with van der Waals surface area (Å²) in [6.45, 7) is 6.84. The van der Waals surface area contributed by atoms with Crippen LogP contribution in [0.4, 0.5) is 4.79 Å². The van der Waals surface area contributed by atoms with E-state index in [1.165, 1.54) is 0 Å². The standard InChI is InChI=1S/C9H19N3O2/c1-7(2)12-9(13)11-6-8-5-10-3-4-14-8/h7-8,10H,3-6H2,1-2H3,(H2,11,12,13). The van der Waals surface area contributed by atoms with Crippen LogP contribution >= 0.6 is 0 Å². The molecule has 0 spiro atoms. The van der Waals surface area contributed by atoms with Gasteiger partial charge in [0.15, 0.2) is 0 Å². The number of hydrogen-bond acceptors (Lipinski definition) is 3. The molecule has 2 amide bonds. The molecule has 0 aromatic rings. The van der Waals surface area contributed by atoms with Crippen LogP contribution in [0.15, 0.2) is 0 Å². The fraction of sp³-hybridized carbons (Fsp3) is 0.889. The molecule has 3 N–H and O–H groups in total. The van der Waals surface area contributed by atoms with Crippen LogP contribution in [0, 0.1) is 0 Å². The maximum atomic E-state index is 11.2. The molecule has 5 heteroatoms. The molecule has 0 aromatic heterocycles. The van der Waals surface area contributed by atoms with Crippen LogP contribution in [0.1, 0.15) is 13.8 Å². The first-order chi connectivity index (χ1) is 6.68. The second-order valence-electron chi connectivity index (χ2n) is 3.71. The van der Waals surface area contributed by atoms with Crippen molar-refractivity contribution in [2.75, 3.05) is 26.2 Å². The first kappa shape index (κ1) is 11.3. The van der Waals surface area contributed by atoms with Gasteiger partial charge >= 0.3 is 6.03 Å². The number of amides is 2. The van der Waals surface area contributed by atoms with Gasteiger partial charge in [0.25, 0.3) is 0 Å². The van der Waals surface area contributed by atoms with E-state index in [2.05, 4.69) is 16.0 Å². The molecule has 0 radical (unpaired) electrons. The van der Waals surface area contributed by atoms with E-state index in [9.17, 15) is 4.79 Å². The molecule has 82 valence electrons. The lowest BCUT2D eigenvalue weighted by molar-refractivity contribution is 0.0307. The summed E-state index contributed by atoms with van der Waals surface area (Å²) in [6, 6.07) is 0.0366. The fourth-order valence-electron chi connectivity index (χ4n) is 1.27. The second kappa shape index (κ2) is 5.82. The summed E-state index contributed by atoms with van der Waals surface area (Å²) < 4.78 is 5.43. The third-order valence-corrected chi connectivity index (χ3v) is 1.91. The summed E-state index contributed by atoms with van der Waals surface area (Å²) in [4.78, 5) is 11.2. The van der Waals surface area contributed by atoms with Crippen LogP contribution in [0.25, 0.3) is 0 Å². The molecule has 1 saturated heterocycles. The van der Waals surface area contributed by atoms with Crippen LogP contribution in [-0.4, -0.2) is 44.4 Å². The third kappa shape index (κ3) is 4.43. The number of nitrogens with one attached hydrogen (secondary N) is 3. The molecular formula is C9H19N3O2. The molecule has 0 bridgehead atoms. The fourth-order valence-corrected chi connectivity index (χ4v) is 1.27. The van der Waals surface area contributed by atoms with Crippen molar-refractivity contribution in [1.82, 2.24) is 16.0 Å². The van der Waals surface area contributed by atoms with Gasteiger partial charge in [0.1, 0.15) is 0 Å². The first-order valence-electron chi connectivity index (χ1n) is 5.05. The highest BCUT2D eigenvalue weighted by Gasteiger charge is 2.13. The summed E-state index contributed by atoms with van der Waals surface area (Å²) in [5.74, 6) is 0. The van der Waals surface area contributed by atoms with Crippen LogP contribution in [0.3, 0.4) is 0 Å². The number of carbonyl (C=O) groups excluding carboxylic acids is 1. The van der Waals surface area contributed by atoms with Gasteiger partial charge in [0, 0.05) is 25.7 Å². The van der Waals surface area contributed by atoms with Crippen LogP contribution in [0.2, 0.25) is 0 Å².